The normalized spacial score (nSPS) is 12.9. The van der Waals surface area contributed by atoms with Gasteiger partial charge in [-0.25, -0.2) is 0 Å². The van der Waals surface area contributed by atoms with Gasteiger partial charge in [0.2, 0.25) is 0 Å². The van der Waals surface area contributed by atoms with Crippen molar-refractivity contribution >= 4 is 17.9 Å². The number of hydrogen-bond donors (Lipinski definition) is 0. The van der Waals surface area contributed by atoms with E-state index in [4.69, 9.17) is 14.2 Å². The van der Waals surface area contributed by atoms with Gasteiger partial charge in [-0.15, -0.1) is 0 Å². The van der Waals surface area contributed by atoms with Crippen molar-refractivity contribution in [2.75, 3.05) is 13.2 Å². The Morgan fingerprint density at radius 3 is 0.824 bits per heavy atom. The molecule has 0 aliphatic heterocycles. The van der Waals surface area contributed by atoms with E-state index in [-0.39, 0.29) is 31.1 Å². The summed E-state index contributed by atoms with van der Waals surface area (Å²) < 4.78 is 16.9. The van der Waals surface area contributed by atoms with E-state index in [0.29, 0.717) is 19.3 Å². The van der Waals surface area contributed by atoms with Crippen molar-refractivity contribution in [2.24, 2.45) is 0 Å². The molecule has 0 aliphatic carbocycles. The van der Waals surface area contributed by atoms with Crippen molar-refractivity contribution in [3.63, 3.8) is 0 Å². The first-order chi connectivity index (χ1) is 36.5. The largest absolute Gasteiger partial charge is 0.462 e. The molecule has 0 spiro atoms. The van der Waals surface area contributed by atoms with E-state index in [9.17, 15) is 14.4 Å². The smallest absolute Gasteiger partial charge is 0.306 e. The first-order valence-corrected chi connectivity index (χ1v) is 30.9. The van der Waals surface area contributed by atoms with Gasteiger partial charge in [0.25, 0.3) is 0 Å². The zero-order chi connectivity index (χ0) is 53.6. The van der Waals surface area contributed by atoms with Crippen LogP contribution in [0.1, 0.15) is 284 Å². The average Bonchev–Trinajstić information content (AvgIpc) is 3.40. The monoisotopic (exact) mass is 1030 g/mol. The second-order valence-corrected chi connectivity index (χ2v) is 20.2. The quantitative estimate of drug-likeness (QED) is 0.0261. The summed E-state index contributed by atoms with van der Waals surface area (Å²) in [5.41, 5.74) is 0. The van der Waals surface area contributed by atoms with Gasteiger partial charge in [0.15, 0.2) is 6.10 Å². The molecule has 0 radical (unpaired) electrons. The van der Waals surface area contributed by atoms with Gasteiger partial charge in [-0.1, -0.05) is 271 Å². The average molecular weight is 1030 g/mol. The van der Waals surface area contributed by atoms with E-state index in [0.717, 1.165) is 128 Å². The van der Waals surface area contributed by atoms with Crippen molar-refractivity contribution in [2.45, 2.75) is 290 Å². The molecule has 0 bridgehead atoms. The standard InChI is InChI=1S/C68H114O6/c1-4-7-10-13-16-19-22-25-27-29-30-31-32-33-34-35-36-37-38-40-41-43-46-49-52-55-58-61-67(70)73-64-65(63-72-66(69)60-57-54-51-48-45-24-21-18-15-12-9-6-3)74-68(71)62-59-56-53-50-47-44-42-39-28-26-23-20-17-14-11-8-5-2/h7-8,10-11,16-17,19-20,25-28,30-31,33-34,36-37,65H,4-6,9,12-15,18,21-24,29,32,35,38-64H2,1-3H3/b10-7-,11-8-,19-16-,20-17-,27-25-,28-26-,31-30-,34-33-,37-36-. The van der Waals surface area contributed by atoms with E-state index < -0.39 is 6.10 Å². The molecule has 0 rings (SSSR count). The Hall–Kier alpha value is -3.93. The zero-order valence-corrected chi connectivity index (χ0v) is 48.3. The molecule has 6 heteroatoms. The number of unbranched alkanes of at least 4 members (excludes halogenated alkanes) is 26. The number of carbonyl (C=O) groups excluding carboxylic acids is 3. The lowest BCUT2D eigenvalue weighted by Crippen LogP contribution is -2.30. The van der Waals surface area contributed by atoms with Crippen molar-refractivity contribution in [1.82, 2.24) is 0 Å². The van der Waals surface area contributed by atoms with Crippen LogP contribution in [0.4, 0.5) is 0 Å². The number of rotatable bonds is 55. The highest BCUT2D eigenvalue weighted by molar-refractivity contribution is 5.71. The molecule has 0 aromatic carbocycles. The lowest BCUT2D eigenvalue weighted by atomic mass is 10.0. The molecule has 0 aromatic rings. The fraction of sp³-hybridized carbons (Fsp3) is 0.691. The lowest BCUT2D eigenvalue weighted by molar-refractivity contribution is -0.167. The third-order valence-corrected chi connectivity index (χ3v) is 13.0. The predicted molar refractivity (Wildman–Crippen MR) is 320 cm³/mol. The van der Waals surface area contributed by atoms with Gasteiger partial charge in [-0.3, -0.25) is 14.4 Å². The molecule has 6 nitrogen and oxygen atoms in total. The summed E-state index contributed by atoms with van der Waals surface area (Å²) >= 11 is 0. The summed E-state index contributed by atoms with van der Waals surface area (Å²) in [6, 6.07) is 0. The third kappa shape index (κ3) is 59.0. The maximum absolute atomic E-state index is 12.9. The highest BCUT2D eigenvalue weighted by atomic mass is 16.6. The van der Waals surface area contributed by atoms with Crippen molar-refractivity contribution in [3.05, 3.63) is 109 Å². The molecule has 0 aliphatic rings. The van der Waals surface area contributed by atoms with Crippen LogP contribution >= 0.6 is 0 Å². The van der Waals surface area contributed by atoms with E-state index in [1.807, 2.05) is 0 Å². The third-order valence-electron chi connectivity index (χ3n) is 13.0. The maximum atomic E-state index is 12.9. The molecule has 1 unspecified atom stereocenters. The van der Waals surface area contributed by atoms with Crippen LogP contribution in [0.15, 0.2) is 109 Å². The fourth-order valence-electron chi connectivity index (χ4n) is 8.46. The predicted octanol–water partition coefficient (Wildman–Crippen LogP) is 21.0. The summed E-state index contributed by atoms with van der Waals surface area (Å²) in [5, 5.41) is 0. The molecule has 1 atom stereocenters. The van der Waals surface area contributed by atoms with Gasteiger partial charge in [-0.05, 0) is 103 Å². The lowest BCUT2D eigenvalue weighted by Gasteiger charge is -2.18. The van der Waals surface area contributed by atoms with Crippen LogP contribution in [0, 0.1) is 0 Å². The molecule has 0 saturated carbocycles. The van der Waals surface area contributed by atoms with Gasteiger partial charge in [-0.2, -0.15) is 0 Å². The Labute approximate surface area is 457 Å². The van der Waals surface area contributed by atoms with Crippen LogP contribution in [0.5, 0.6) is 0 Å². The number of carbonyl (C=O) groups is 3. The SMILES string of the molecule is CC/C=C\C/C=C\C/C=C\C/C=C\C/C=C\C/C=C\CCCCCCCCCCC(=O)OCC(COC(=O)CCCCCCCCCCCCCC)OC(=O)CCCCCCCCC/C=C\C/C=C\C/C=C\CC. The minimum absolute atomic E-state index is 0.0833. The molecule has 74 heavy (non-hydrogen) atoms. The van der Waals surface area contributed by atoms with E-state index in [1.54, 1.807) is 0 Å². The second kappa shape index (κ2) is 61.6. The first kappa shape index (κ1) is 70.1. The molecule has 0 amide bonds. The topological polar surface area (TPSA) is 78.9 Å². The zero-order valence-electron chi connectivity index (χ0n) is 48.3. The Morgan fingerprint density at radius 1 is 0.284 bits per heavy atom. The number of allylic oxidation sites excluding steroid dienone is 18. The Bertz CT molecular complexity index is 1510. The summed E-state index contributed by atoms with van der Waals surface area (Å²) in [6.07, 6.45) is 83.7. The molecule has 0 fully saturated rings. The highest BCUT2D eigenvalue weighted by Gasteiger charge is 2.19. The van der Waals surface area contributed by atoms with Gasteiger partial charge in [0.1, 0.15) is 13.2 Å². The number of hydrogen-bond acceptors (Lipinski definition) is 6. The van der Waals surface area contributed by atoms with Crippen molar-refractivity contribution in [1.29, 1.82) is 0 Å². The number of esters is 3. The molecule has 0 heterocycles. The van der Waals surface area contributed by atoms with Gasteiger partial charge < -0.3 is 14.2 Å². The highest BCUT2D eigenvalue weighted by Crippen LogP contribution is 2.16. The minimum atomic E-state index is -0.787. The fourth-order valence-corrected chi connectivity index (χ4v) is 8.46. The van der Waals surface area contributed by atoms with Crippen LogP contribution in [0.3, 0.4) is 0 Å². The molecule has 0 saturated heterocycles. The van der Waals surface area contributed by atoms with Crippen LogP contribution in [-0.2, 0) is 28.6 Å². The minimum Gasteiger partial charge on any atom is -0.462 e. The Morgan fingerprint density at radius 2 is 0.527 bits per heavy atom. The summed E-state index contributed by atoms with van der Waals surface area (Å²) in [7, 11) is 0. The Kier molecular flexibility index (Phi) is 58.3. The number of ether oxygens (including phenoxy) is 3. The molecular formula is C68H114O6. The summed E-state index contributed by atoms with van der Waals surface area (Å²) in [6.45, 7) is 6.41. The van der Waals surface area contributed by atoms with E-state index in [2.05, 4.69) is 130 Å². The molecule has 422 valence electrons. The van der Waals surface area contributed by atoms with Gasteiger partial charge >= 0.3 is 17.9 Å². The van der Waals surface area contributed by atoms with Crippen molar-refractivity contribution in [3.8, 4) is 0 Å². The van der Waals surface area contributed by atoms with E-state index >= 15 is 0 Å². The maximum Gasteiger partial charge on any atom is 0.306 e. The summed E-state index contributed by atoms with van der Waals surface area (Å²) in [4.78, 5) is 38.2. The molecule has 0 aromatic heterocycles. The van der Waals surface area contributed by atoms with Crippen molar-refractivity contribution < 1.29 is 28.6 Å². The molecular weight excluding hydrogens is 913 g/mol. The Balaban J connectivity index is 4.32. The van der Waals surface area contributed by atoms with Crippen LogP contribution in [-0.4, -0.2) is 37.2 Å². The summed E-state index contributed by atoms with van der Waals surface area (Å²) in [5.74, 6) is -0.896. The molecule has 0 N–H and O–H groups in total. The van der Waals surface area contributed by atoms with Crippen LogP contribution in [0.2, 0.25) is 0 Å². The second-order valence-electron chi connectivity index (χ2n) is 20.2. The van der Waals surface area contributed by atoms with Crippen LogP contribution in [0.25, 0.3) is 0 Å². The van der Waals surface area contributed by atoms with E-state index in [1.165, 1.54) is 116 Å². The first-order valence-electron chi connectivity index (χ1n) is 30.9. The van der Waals surface area contributed by atoms with Gasteiger partial charge in [0, 0.05) is 19.3 Å². The van der Waals surface area contributed by atoms with Gasteiger partial charge in [0.05, 0.1) is 0 Å². The van der Waals surface area contributed by atoms with Crippen LogP contribution < -0.4 is 0 Å².